The van der Waals surface area contributed by atoms with Crippen LogP contribution in [0.5, 0.6) is 11.5 Å². The molecule has 0 fully saturated rings. The van der Waals surface area contributed by atoms with Gasteiger partial charge in [-0.25, -0.2) is 0 Å². The molecule has 0 bridgehead atoms. The van der Waals surface area contributed by atoms with Crippen LogP contribution in [0.15, 0.2) is 10.5 Å². The van der Waals surface area contributed by atoms with Crippen molar-refractivity contribution >= 4 is 21.9 Å². The van der Waals surface area contributed by atoms with Crippen LogP contribution < -0.4 is 9.47 Å². The van der Waals surface area contributed by atoms with Gasteiger partial charge in [-0.2, -0.15) is 0 Å². The maximum atomic E-state index is 11.3. The Balaban J connectivity index is 2.43. The van der Waals surface area contributed by atoms with E-state index in [0.29, 0.717) is 19.6 Å². The van der Waals surface area contributed by atoms with Gasteiger partial charge in [0.05, 0.1) is 23.1 Å². The lowest BCUT2D eigenvalue weighted by Crippen LogP contribution is -2.26. The highest BCUT2D eigenvalue weighted by Gasteiger charge is 2.30. The first-order valence-electron chi connectivity index (χ1n) is 6.64. The standard InChI is InChI=1S/C15H19BrO4/c1-9-10(8-15(2,3)14(17)18)7-11(16)13-12(9)19-5-4-6-20-13/h7H,4-6,8H2,1-3H3,(H,17,18). The molecule has 0 saturated carbocycles. The summed E-state index contributed by atoms with van der Waals surface area (Å²) < 4.78 is 12.3. The summed E-state index contributed by atoms with van der Waals surface area (Å²) in [5.41, 5.74) is 1.11. The van der Waals surface area contributed by atoms with Crippen LogP contribution in [0.2, 0.25) is 0 Å². The first-order chi connectivity index (χ1) is 9.33. The number of aliphatic carboxylic acids is 1. The summed E-state index contributed by atoms with van der Waals surface area (Å²) in [6.07, 6.45) is 1.29. The summed E-state index contributed by atoms with van der Waals surface area (Å²) in [6, 6.07) is 1.94. The number of rotatable bonds is 3. The summed E-state index contributed by atoms with van der Waals surface area (Å²) in [5.74, 6) is 0.644. The van der Waals surface area contributed by atoms with Crippen LogP contribution in [-0.4, -0.2) is 24.3 Å². The van der Waals surface area contributed by atoms with Gasteiger partial charge in [-0.05, 0) is 60.3 Å². The summed E-state index contributed by atoms with van der Waals surface area (Å²) in [4.78, 5) is 11.3. The zero-order valence-electron chi connectivity index (χ0n) is 12.0. The number of hydrogen-bond donors (Lipinski definition) is 1. The molecular weight excluding hydrogens is 324 g/mol. The number of carbonyl (C=O) groups is 1. The first-order valence-corrected chi connectivity index (χ1v) is 7.43. The predicted molar refractivity (Wildman–Crippen MR) is 79.6 cm³/mol. The molecule has 1 N–H and O–H groups in total. The van der Waals surface area contributed by atoms with E-state index in [1.165, 1.54) is 0 Å². The van der Waals surface area contributed by atoms with Gasteiger partial charge in [0, 0.05) is 6.42 Å². The van der Waals surface area contributed by atoms with E-state index in [1.807, 2.05) is 13.0 Å². The molecule has 0 amide bonds. The number of hydrogen-bond acceptors (Lipinski definition) is 3. The quantitative estimate of drug-likeness (QED) is 0.912. The lowest BCUT2D eigenvalue weighted by molar-refractivity contribution is -0.146. The molecule has 110 valence electrons. The second-order valence-corrected chi connectivity index (χ2v) is 6.57. The highest BCUT2D eigenvalue weighted by atomic mass is 79.9. The highest BCUT2D eigenvalue weighted by Crippen LogP contribution is 2.42. The van der Waals surface area contributed by atoms with Gasteiger partial charge < -0.3 is 14.6 Å². The fourth-order valence-corrected chi connectivity index (χ4v) is 2.77. The lowest BCUT2D eigenvalue weighted by Gasteiger charge is -2.22. The molecule has 20 heavy (non-hydrogen) atoms. The fourth-order valence-electron chi connectivity index (χ4n) is 2.20. The van der Waals surface area contributed by atoms with Gasteiger partial charge in [-0.15, -0.1) is 0 Å². The number of ether oxygens (including phenoxy) is 2. The lowest BCUT2D eigenvalue weighted by atomic mass is 9.84. The molecule has 0 radical (unpaired) electrons. The van der Waals surface area contributed by atoms with Crippen LogP contribution in [0.25, 0.3) is 0 Å². The Morgan fingerprint density at radius 2 is 1.95 bits per heavy atom. The van der Waals surface area contributed by atoms with Gasteiger partial charge in [-0.1, -0.05) is 0 Å². The van der Waals surface area contributed by atoms with E-state index in [1.54, 1.807) is 13.8 Å². The van der Waals surface area contributed by atoms with Crippen molar-refractivity contribution in [3.63, 3.8) is 0 Å². The van der Waals surface area contributed by atoms with Gasteiger partial charge in [0.25, 0.3) is 0 Å². The summed E-state index contributed by atoms with van der Waals surface area (Å²) in [5, 5.41) is 9.28. The molecule has 1 aromatic carbocycles. The van der Waals surface area contributed by atoms with Crippen molar-refractivity contribution in [3.05, 3.63) is 21.7 Å². The molecule has 1 aromatic rings. The van der Waals surface area contributed by atoms with Gasteiger partial charge in [0.2, 0.25) is 0 Å². The SMILES string of the molecule is Cc1c(CC(C)(C)C(=O)O)cc(Br)c2c1OCCCO2. The van der Waals surface area contributed by atoms with Crippen molar-refractivity contribution in [2.24, 2.45) is 5.41 Å². The minimum Gasteiger partial charge on any atom is -0.489 e. The minimum absolute atomic E-state index is 0.448. The van der Waals surface area contributed by atoms with E-state index < -0.39 is 11.4 Å². The largest absolute Gasteiger partial charge is 0.489 e. The van der Waals surface area contributed by atoms with E-state index in [4.69, 9.17) is 9.47 Å². The van der Waals surface area contributed by atoms with Crippen molar-refractivity contribution in [1.82, 2.24) is 0 Å². The summed E-state index contributed by atoms with van der Waals surface area (Å²) in [6.45, 7) is 6.65. The van der Waals surface area contributed by atoms with Crippen LogP contribution >= 0.6 is 15.9 Å². The van der Waals surface area contributed by atoms with E-state index in [-0.39, 0.29) is 0 Å². The van der Waals surface area contributed by atoms with Crippen molar-refractivity contribution in [3.8, 4) is 11.5 Å². The molecule has 0 aromatic heterocycles. The Labute approximate surface area is 127 Å². The smallest absolute Gasteiger partial charge is 0.309 e. The van der Waals surface area contributed by atoms with Crippen LogP contribution in [0, 0.1) is 12.3 Å². The Hall–Kier alpha value is -1.23. The van der Waals surface area contributed by atoms with Crippen LogP contribution in [-0.2, 0) is 11.2 Å². The van der Waals surface area contributed by atoms with Gasteiger partial charge in [-0.3, -0.25) is 4.79 Å². The molecule has 0 atom stereocenters. The van der Waals surface area contributed by atoms with E-state index in [9.17, 15) is 9.90 Å². The Kier molecular flexibility index (Phi) is 4.28. The zero-order chi connectivity index (χ0) is 14.9. The Bertz CT molecular complexity index is 537. The molecule has 2 rings (SSSR count). The topological polar surface area (TPSA) is 55.8 Å². The molecule has 1 heterocycles. The molecule has 1 aliphatic rings. The average molecular weight is 343 g/mol. The van der Waals surface area contributed by atoms with Crippen molar-refractivity contribution in [2.75, 3.05) is 13.2 Å². The number of fused-ring (bicyclic) bond motifs is 1. The predicted octanol–water partition coefficient (Wildman–Crippen LogP) is 3.57. The van der Waals surface area contributed by atoms with E-state index in [0.717, 1.165) is 33.5 Å². The second-order valence-electron chi connectivity index (χ2n) is 5.72. The van der Waals surface area contributed by atoms with Crippen LogP contribution in [0.3, 0.4) is 0 Å². The maximum Gasteiger partial charge on any atom is 0.309 e. The maximum absolute atomic E-state index is 11.3. The average Bonchev–Trinajstić information content (AvgIpc) is 2.61. The van der Waals surface area contributed by atoms with Gasteiger partial charge in [0.1, 0.15) is 0 Å². The first kappa shape index (κ1) is 15.2. The Morgan fingerprint density at radius 3 is 2.55 bits per heavy atom. The molecule has 4 nitrogen and oxygen atoms in total. The second kappa shape index (κ2) is 5.64. The molecular formula is C15H19BrO4. The van der Waals surface area contributed by atoms with Crippen LogP contribution in [0.1, 0.15) is 31.4 Å². The number of benzene rings is 1. The number of carboxylic acids is 1. The molecule has 0 saturated heterocycles. The number of carboxylic acid groups (broad SMARTS) is 1. The van der Waals surface area contributed by atoms with Crippen LogP contribution in [0.4, 0.5) is 0 Å². The molecule has 0 spiro atoms. The fraction of sp³-hybridized carbons (Fsp3) is 0.533. The molecule has 5 heteroatoms. The minimum atomic E-state index is -0.815. The van der Waals surface area contributed by atoms with E-state index in [2.05, 4.69) is 15.9 Å². The van der Waals surface area contributed by atoms with E-state index >= 15 is 0 Å². The summed E-state index contributed by atoms with van der Waals surface area (Å²) in [7, 11) is 0. The van der Waals surface area contributed by atoms with Crippen molar-refractivity contribution in [2.45, 2.75) is 33.6 Å². The molecule has 0 unspecified atom stereocenters. The zero-order valence-corrected chi connectivity index (χ0v) is 13.5. The van der Waals surface area contributed by atoms with Gasteiger partial charge >= 0.3 is 5.97 Å². The summed E-state index contributed by atoms with van der Waals surface area (Å²) >= 11 is 3.49. The highest BCUT2D eigenvalue weighted by molar-refractivity contribution is 9.10. The Morgan fingerprint density at radius 1 is 1.35 bits per heavy atom. The monoisotopic (exact) mass is 342 g/mol. The molecule has 0 aliphatic carbocycles. The third kappa shape index (κ3) is 2.92. The van der Waals surface area contributed by atoms with Gasteiger partial charge in [0.15, 0.2) is 11.5 Å². The molecule has 1 aliphatic heterocycles. The number of halogens is 1. The van der Waals surface area contributed by atoms with Crippen molar-refractivity contribution in [1.29, 1.82) is 0 Å². The third-order valence-electron chi connectivity index (χ3n) is 3.54. The van der Waals surface area contributed by atoms with Crippen molar-refractivity contribution < 1.29 is 19.4 Å². The third-order valence-corrected chi connectivity index (χ3v) is 4.13. The normalized spacial score (nSPS) is 14.8.